The molecule has 0 saturated carbocycles. The SMILES string of the molecule is C=C/C=C\C=C(/C)CC(SSc1ccc(-c2cc(Cc3ccccc3C(C)C)cc(O)c2O)cc1)C(=O)OC. The Hall–Kier alpha value is -3.35. The van der Waals surface area contributed by atoms with Crippen LogP contribution in [0.15, 0.2) is 102 Å². The van der Waals surface area contributed by atoms with E-state index in [2.05, 4.69) is 32.6 Å². The van der Waals surface area contributed by atoms with Crippen LogP contribution in [0.25, 0.3) is 11.1 Å². The lowest BCUT2D eigenvalue weighted by Gasteiger charge is -2.15. The lowest BCUT2D eigenvalue weighted by molar-refractivity contribution is -0.139. The van der Waals surface area contributed by atoms with Gasteiger partial charge < -0.3 is 14.9 Å². The van der Waals surface area contributed by atoms with Crippen molar-refractivity contribution < 1.29 is 19.7 Å². The molecule has 0 fully saturated rings. The number of esters is 1. The summed E-state index contributed by atoms with van der Waals surface area (Å²) in [6, 6.07) is 19.6. The lowest BCUT2D eigenvalue weighted by atomic mass is 9.91. The highest BCUT2D eigenvalue weighted by molar-refractivity contribution is 8.77. The number of benzene rings is 3. The van der Waals surface area contributed by atoms with Crippen molar-refractivity contribution in [2.24, 2.45) is 0 Å². The fourth-order valence-electron chi connectivity index (χ4n) is 4.23. The Balaban J connectivity index is 1.77. The maximum absolute atomic E-state index is 12.4. The molecule has 0 aromatic heterocycles. The summed E-state index contributed by atoms with van der Waals surface area (Å²) in [5.74, 6) is -0.141. The molecule has 1 atom stereocenters. The molecule has 0 bridgehead atoms. The molecule has 0 radical (unpaired) electrons. The quantitative estimate of drug-likeness (QED) is 0.0998. The van der Waals surface area contributed by atoms with Crippen LogP contribution in [0.1, 0.15) is 49.8 Å². The van der Waals surface area contributed by atoms with E-state index in [9.17, 15) is 15.0 Å². The van der Waals surface area contributed by atoms with Crippen LogP contribution < -0.4 is 0 Å². The zero-order chi connectivity index (χ0) is 28.4. The minimum atomic E-state index is -0.348. The molecule has 0 aliphatic carbocycles. The summed E-state index contributed by atoms with van der Waals surface area (Å²) < 4.78 is 5.02. The Labute approximate surface area is 239 Å². The van der Waals surface area contributed by atoms with Gasteiger partial charge in [0.15, 0.2) is 11.5 Å². The number of carbonyl (C=O) groups is 1. The third-order valence-corrected chi connectivity index (χ3v) is 8.96. The summed E-state index contributed by atoms with van der Waals surface area (Å²) >= 11 is 0. The summed E-state index contributed by atoms with van der Waals surface area (Å²) in [4.78, 5) is 13.3. The summed E-state index contributed by atoms with van der Waals surface area (Å²) in [5, 5.41) is 20.8. The van der Waals surface area contributed by atoms with Gasteiger partial charge in [-0.2, -0.15) is 0 Å². The molecule has 0 aliphatic heterocycles. The van der Waals surface area contributed by atoms with Crippen molar-refractivity contribution in [1.29, 1.82) is 0 Å². The molecule has 3 aromatic carbocycles. The van der Waals surface area contributed by atoms with Crippen LogP contribution in [0.3, 0.4) is 0 Å². The number of allylic oxidation sites excluding steroid dienone is 5. The number of aromatic hydroxyl groups is 2. The van der Waals surface area contributed by atoms with Gasteiger partial charge in [-0.15, -0.1) is 0 Å². The Kier molecular flexibility index (Phi) is 11.4. The van der Waals surface area contributed by atoms with Crippen molar-refractivity contribution in [3.8, 4) is 22.6 Å². The summed E-state index contributed by atoms with van der Waals surface area (Å²) in [7, 11) is 4.37. The predicted molar refractivity (Wildman–Crippen MR) is 166 cm³/mol. The van der Waals surface area contributed by atoms with Gasteiger partial charge in [0.25, 0.3) is 0 Å². The number of phenolic OH excluding ortho intramolecular Hbond substituents is 2. The Morgan fingerprint density at radius 2 is 1.77 bits per heavy atom. The van der Waals surface area contributed by atoms with Crippen LogP contribution in [0.2, 0.25) is 0 Å². The van der Waals surface area contributed by atoms with Crippen LogP contribution in [0, 0.1) is 0 Å². The molecule has 3 aromatic rings. The van der Waals surface area contributed by atoms with Crippen LogP contribution >= 0.6 is 21.6 Å². The highest BCUT2D eigenvalue weighted by Gasteiger charge is 2.21. The lowest BCUT2D eigenvalue weighted by Crippen LogP contribution is -2.18. The molecular weight excluding hydrogens is 524 g/mol. The van der Waals surface area contributed by atoms with E-state index in [4.69, 9.17) is 4.74 Å². The first-order valence-electron chi connectivity index (χ1n) is 12.8. The molecule has 2 N–H and O–H groups in total. The molecule has 0 saturated heterocycles. The standard InChI is InChI=1S/C33H36O4S2/c1-6-7-8-11-23(4)18-31(33(36)37-5)39-38-27-16-14-25(15-17-27)29-20-24(21-30(34)32(29)35)19-26-12-9-10-13-28(26)22(2)3/h6-17,20-22,31,34-35H,1,18-19H2,2-5H3/b8-7-,23-11+. The molecule has 6 heteroatoms. The monoisotopic (exact) mass is 560 g/mol. The average Bonchev–Trinajstić information content (AvgIpc) is 2.93. The van der Waals surface area contributed by atoms with Crippen LogP contribution in [-0.2, 0) is 16.0 Å². The van der Waals surface area contributed by atoms with Crippen molar-refractivity contribution in [1.82, 2.24) is 0 Å². The van der Waals surface area contributed by atoms with Gasteiger partial charge in [-0.3, -0.25) is 4.79 Å². The van der Waals surface area contributed by atoms with Crippen molar-refractivity contribution in [3.63, 3.8) is 0 Å². The van der Waals surface area contributed by atoms with Gasteiger partial charge in [0.05, 0.1) is 7.11 Å². The molecule has 0 heterocycles. The second-order valence-electron chi connectivity index (χ2n) is 9.59. The highest BCUT2D eigenvalue weighted by Crippen LogP contribution is 2.41. The normalized spacial score (nSPS) is 12.6. The second-order valence-corrected chi connectivity index (χ2v) is 12.1. The number of ether oxygens (including phenoxy) is 1. The van der Waals surface area contributed by atoms with Gasteiger partial charge >= 0.3 is 5.97 Å². The van der Waals surface area contributed by atoms with Crippen LogP contribution in [-0.4, -0.2) is 28.5 Å². The van der Waals surface area contributed by atoms with E-state index in [1.54, 1.807) is 12.1 Å². The maximum Gasteiger partial charge on any atom is 0.320 e. The fraction of sp³-hybridized carbons (Fsp3) is 0.242. The van der Waals surface area contributed by atoms with E-state index in [0.717, 1.165) is 21.6 Å². The predicted octanol–water partition coefficient (Wildman–Crippen LogP) is 8.84. The topological polar surface area (TPSA) is 66.8 Å². The zero-order valence-corrected chi connectivity index (χ0v) is 24.5. The number of carbonyl (C=O) groups excluding carboxylic acids is 1. The van der Waals surface area contributed by atoms with E-state index >= 15 is 0 Å². The molecule has 3 rings (SSSR count). The first-order chi connectivity index (χ1) is 18.7. The van der Waals surface area contributed by atoms with Crippen LogP contribution in [0.5, 0.6) is 11.5 Å². The maximum atomic E-state index is 12.4. The largest absolute Gasteiger partial charge is 0.504 e. The molecule has 39 heavy (non-hydrogen) atoms. The summed E-state index contributed by atoms with van der Waals surface area (Å²) in [6.45, 7) is 9.99. The van der Waals surface area contributed by atoms with E-state index in [1.165, 1.54) is 39.8 Å². The number of hydrogen-bond donors (Lipinski definition) is 2. The van der Waals surface area contributed by atoms with Gasteiger partial charge in [-0.1, -0.05) is 108 Å². The second kappa shape index (κ2) is 14.7. The Morgan fingerprint density at radius 3 is 2.44 bits per heavy atom. The van der Waals surface area contributed by atoms with E-state index in [0.29, 0.717) is 24.3 Å². The first kappa shape index (κ1) is 30.2. The third-order valence-electron chi connectivity index (χ3n) is 6.25. The highest BCUT2D eigenvalue weighted by atomic mass is 33.1. The molecule has 4 nitrogen and oxygen atoms in total. The van der Waals surface area contributed by atoms with Crippen LogP contribution in [0.4, 0.5) is 0 Å². The van der Waals surface area contributed by atoms with Gasteiger partial charge in [-0.05, 0) is 72.2 Å². The molecule has 1 unspecified atom stereocenters. The van der Waals surface area contributed by atoms with Gasteiger partial charge in [0.2, 0.25) is 0 Å². The smallest absolute Gasteiger partial charge is 0.320 e. The molecule has 0 aliphatic rings. The number of methoxy groups -OCH3 is 1. The van der Waals surface area contributed by atoms with E-state index in [1.807, 2.05) is 67.6 Å². The van der Waals surface area contributed by atoms with Crippen molar-refractivity contribution in [2.75, 3.05) is 7.11 Å². The molecule has 204 valence electrons. The number of rotatable bonds is 12. The average molecular weight is 561 g/mol. The van der Waals surface area contributed by atoms with E-state index in [-0.39, 0.29) is 22.7 Å². The van der Waals surface area contributed by atoms with E-state index < -0.39 is 0 Å². The summed E-state index contributed by atoms with van der Waals surface area (Å²) in [5.41, 5.74) is 5.85. The number of phenols is 2. The Morgan fingerprint density at radius 1 is 1.05 bits per heavy atom. The minimum Gasteiger partial charge on any atom is -0.504 e. The van der Waals surface area contributed by atoms with Crippen molar-refractivity contribution in [2.45, 2.75) is 49.7 Å². The van der Waals surface area contributed by atoms with Gasteiger partial charge in [-0.25, -0.2) is 0 Å². The first-order valence-corrected chi connectivity index (χ1v) is 15.0. The van der Waals surface area contributed by atoms with Crippen molar-refractivity contribution >= 4 is 27.6 Å². The zero-order valence-electron chi connectivity index (χ0n) is 22.9. The van der Waals surface area contributed by atoms with Gasteiger partial charge in [0.1, 0.15) is 5.25 Å². The third kappa shape index (κ3) is 8.57. The molecule has 0 spiro atoms. The van der Waals surface area contributed by atoms with Crippen molar-refractivity contribution in [3.05, 3.63) is 114 Å². The Bertz CT molecular complexity index is 1340. The fourth-order valence-corrected chi connectivity index (χ4v) is 6.66. The minimum absolute atomic E-state index is 0.134. The van der Waals surface area contributed by atoms with Gasteiger partial charge in [0, 0.05) is 10.5 Å². The number of hydrogen-bond acceptors (Lipinski definition) is 6. The molecular formula is C33H36O4S2. The molecule has 0 amide bonds. The summed E-state index contributed by atoms with van der Waals surface area (Å²) in [6.07, 6.45) is 8.65.